The molecule has 0 bridgehead atoms. The van der Waals surface area contributed by atoms with Crippen LogP contribution in [0.3, 0.4) is 0 Å². The second-order valence-electron chi connectivity index (χ2n) is 5.38. The number of urea groups is 1. The number of nitrogens with zero attached hydrogens (tertiary/aromatic N) is 1. The van der Waals surface area contributed by atoms with Crippen molar-refractivity contribution in [3.8, 4) is 0 Å². The zero-order valence-corrected chi connectivity index (χ0v) is 11.6. The summed E-state index contributed by atoms with van der Waals surface area (Å²) in [5.74, 6) is -1.22. The molecule has 0 aromatic heterocycles. The second kappa shape index (κ2) is 5.64. The van der Waals surface area contributed by atoms with Crippen LogP contribution in [-0.4, -0.2) is 40.0 Å². The van der Waals surface area contributed by atoms with Gasteiger partial charge in [0.05, 0.1) is 0 Å². The van der Waals surface area contributed by atoms with E-state index in [1.54, 1.807) is 6.92 Å². The molecule has 3 amide bonds. The van der Waals surface area contributed by atoms with Crippen LogP contribution in [0, 0.1) is 0 Å². The van der Waals surface area contributed by atoms with Crippen LogP contribution in [0.25, 0.3) is 0 Å². The molecule has 20 heavy (non-hydrogen) atoms. The summed E-state index contributed by atoms with van der Waals surface area (Å²) in [7, 11) is 0. The number of carboxylic acid groups (broad SMARTS) is 1. The predicted octanol–water partition coefficient (Wildman–Crippen LogP) is 1.66. The van der Waals surface area contributed by atoms with Gasteiger partial charge in [-0.05, 0) is 19.3 Å². The molecule has 0 aromatic rings. The lowest BCUT2D eigenvalue weighted by atomic mass is 9.82. The van der Waals surface area contributed by atoms with Gasteiger partial charge in [0.15, 0.2) is 0 Å². The first kappa shape index (κ1) is 14.6. The van der Waals surface area contributed by atoms with E-state index in [9.17, 15) is 14.4 Å². The molecule has 2 aliphatic rings. The number of carbonyl (C=O) groups excluding carboxylic acids is 2. The minimum atomic E-state index is -1.01. The molecule has 6 heteroatoms. The van der Waals surface area contributed by atoms with Crippen molar-refractivity contribution >= 4 is 17.9 Å². The Morgan fingerprint density at radius 3 is 2.55 bits per heavy atom. The fourth-order valence-corrected chi connectivity index (χ4v) is 2.92. The van der Waals surface area contributed by atoms with Gasteiger partial charge in [0.25, 0.3) is 5.91 Å². The van der Waals surface area contributed by atoms with Gasteiger partial charge in [-0.2, -0.15) is 0 Å². The largest absolute Gasteiger partial charge is 0.478 e. The fraction of sp³-hybridized carbons (Fsp3) is 0.643. The van der Waals surface area contributed by atoms with E-state index < -0.39 is 17.5 Å². The third kappa shape index (κ3) is 2.55. The number of hydrogen-bond acceptors (Lipinski definition) is 3. The molecular weight excluding hydrogens is 260 g/mol. The van der Waals surface area contributed by atoms with Gasteiger partial charge >= 0.3 is 12.0 Å². The maximum absolute atomic E-state index is 12.4. The van der Waals surface area contributed by atoms with Crippen LogP contribution in [0.2, 0.25) is 0 Å². The van der Waals surface area contributed by atoms with Crippen molar-refractivity contribution in [2.45, 2.75) is 51.0 Å². The standard InChI is InChI=1S/C14H20N2O4/c1-2-10(11(17)18)6-9-16-12(19)14(15-13(16)20)7-4-3-5-8-14/h6H,2-5,7-9H2,1H3,(H,15,20)(H,17,18). The quantitative estimate of drug-likeness (QED) is 0.605. The summed E-state index contributed by atoms with van der Waals surface area (Å²) >= 11 is 0. The molecule has 0 aromatic carbocycles. The highest BCUT2D eigenvalue weighted by Gasteiger charge is 2.50. The van der Waals surface area contributed by atoms with Gasteiger partial charge in [-0.25, -0.2) is 9.59 Å². The molecule has 6 nitrogen and oxygen atoms in total. The molecule has 1 saturated carbocycles. The molecule has 1 aliphatic heterocycles. The van der Waals surface area contributed by atoms with Crippen molar-refractivity contribution in [1.82, 2.24) is 10.2 Å². The SMILES string of the molecule is CCC(=CCN1C(=O)NC2(CCCCC2)C1=O)C(=O)O. The average Bonchev–Trinajstić information content (AvgIpc) is 2.64. The number of aliphatic carboxylic acids is 1. The van der Waals surface area contributed by atoms with Gasteiger partial charge in [-0.3, -0.25) is 9.69 Å². The third-order valence-electron chi connectivity index (χ3n) is 4.13. The molecule has 1 spiro atoms. The van der Waals surface area contributed by atoms with Crippen LogP contribution >= 0.6 is 0 Å². The van der Waals surface area contributed by atoms with Gasteiger partial charge in [0.2, 0.25) is 0 Å². The minimum absolute atomic E-state index is 0.0297. The maximum Gasteiger partial charge on any atom is 0.331 e. The van der Waals surface area contributed by atoms with Crippen LogP contribution in [0.15, 0.2) is 11.6 Å². The number of carbonyl (C=O) groups is 3. The predicted molar refractivity (Wildman–Crippen MR) is 72.1 cm³/mol. The zero-order chi connectivity index (χ0) is 14.8. The van der Waals surface area contributed by atoms with Crippen LogP contribution in [0.5, 0.6) is 0 Å². The van der Waals surface area contributed by atoms with Crippen LogP contribution in [0.1, 0.15) is 45.4 Å². The maximum atomic E-state index is 12.4. The first-order valence-corrected chi connectivity index (χ1v) is 7.06. The van der Waals surface area contributed by atoms with Crippen molar-refractivity contribution in [1.29, 1.82) is 0 Å². The van der Waals surface area contributed by atoms with Gasteiger partial charge in [-0.15, -0.1) is 0 Å². The van der Waals surface area contributed by atoms with Gasteiger partial charge in [-0.1, -0.05) is 32.3 Å². The number of carboxylic acids is 1. The van der Waals surface area contributed by atoms with Crippen LogP contribution in [-0.2, 0) is 9.59 Å². The van der Waals surface area contributed by atoms with Crippen molar-refractivity contribution < 1.29 is 19.5 Å². The first-order chi connectivity index (χ1) is 9.50. The summed E-state index contributed by atoms with van der Waals surface area (Å²) in [5, 5.41) is 11.7. The van der Waals surface area contributed by atoms with Crippen molar-refractivity contribution in [3.63, 3.8) is 0 Å². The molecule has 2 rings (SSSR count). The Balaban J connectivity index is 2.11. The minimum Gasteiger partial charge on any atom is -0.478 e. The van der Waals surface area contributed by atoms with E-state index in [2.05, 4.69) is 5.32 Å². The van der Waals surface area contributed by atoms with E-state index in [4.69, 9.17) is 5.11 Å². The topological polar surface area (TPSA) is 86.7 Å². The highest BCUT2D eigenvalue weighted by atomic mass is 16.4. The van der Waals surface area contributed by atoms with Gasteiger partial charge < -0.3 is 10.4 Å². The fourth-order valence-electron chi connectivity index (χ4n) is 2.92. The van der Waals surface area contributed by atoms with E-state index >= 15 is 0 Å². The third-order valence-corrected chi connectivity index (χ3v) is 4.13. The van der Waals surface area contributed by atoms with E-state index in [-0.39, 0.29) is 18.0 Å². The van der Waals surface area contributed by atoms with E-state index in [0.717, 1.165) is 24.2 Å². The smallest absolute Gasteiger partial charge is 0.331 e. The Labute approximate surface area is 117 Å². The molecule has 110 valence electrons. The van der Waals surface area contributed by atoms with Gasteiger partial charge in [0, 0.05) is 12.1 Å². The number of imide groups is 1. The second-order valence-corrected chi connectivity index (χ2v) is 5.38. The average molecular weight is 280 g/mol. The van der Waals surface area contributed by atoms with Crippen molar-refractivity contribution in [2.24, 2.45) is 0 Å². The zero-order valence-electron chi connectivity index (χ0n) is 11.6. The Kier molecular flexibility index (Phi) is 4.11. The molecule has 0 unspecified atom stereocenters. The van der Waals surface area contributed by atoms with Gasteiger partial charge in [0.1, 0.15) is 5.54 Å². The molecule has 2 fully saturated rings. The lowest BCUT2D eigenvalue weighted by Crippen LogP contribution is -2.48. The lowest BCUT2D eigenvalue weighted by molar-refractivity contribution is -0.133. The highest BCUT2D eigenvalue weighted by Crippen LogP contribution is 2.33. The summed E-state index contributed by atoms with van der Waals surface area (Å²) < 4.78 is 0. The van der Waals surface area contributed by atoms with E-state index in [0.29, 0.717) is 19.3 Å². The monoisotopic (exact) mass is 280 g/mol. The van der Waals surface area contributed by atoms with Crippen LogP contribution in [0.4, 0.5) is 4.79 Å². The molecule has 2 N–H and O–H groups in total. The normalized spacial score (nSPS) is 22.2. The summed E-state index contributed by atoms with van der Waals surface area (Å²) in [5.41, 5.74) is -0.520. The number of rotatable bonds is 4. The van der Waals surface area contributed by atoms with E-state index in [1.807, 2.05) is 0 Å². The molecule has 0 radical (unpaired) electrons. The number of hydrogen-bond donors (Lipinski definition) is 2. The van der Waals surface area contributed by atoms with Crippen molar-refractivity contribution in [2.75, 3.05) is 6.54 Å². The molecule has 0 atom stereocenters. The van der Waals surface area contributed by atoms with Crippen LogP contribution < -0.4 is 5.32 Å². The number of nitrogens with one attached hydrogen (secondary N) is 1. The number of amides is 3. The summed E-state index contributed by atoms with van der Waals surface area (Å²) in [6, 6.07) is -0.408. The Morgan fingerprint density at radius 2 is 2.00 bits per heavy atom. The molecule has 1 aliphatic carbocycles. The molecule has 1 heterocycles. The summed E-state index contributed by atoms with van der Waals surface area (Å²) in [6.45, 7) is 1.76. The molecule has 1 saturated heterocycles. The van der Waals surface area contributed by atoms with E-state index in [1.165, 1.54) is 6.08 Å². The Hall–Kier alpha value is -1.85. The Bertz CT molecular complexity index is 464. The summed E-state index contributed by atoms with van der Waals surface area (Å²) in [6.07, 6.45) is 6.13. The first-order valence-electron chi connectivity index (χ1n) is 7.06. The van der Waals surface area contributed by atoms with Crippen molar-refractivity contribution in [3.05, 3.63) is 11.6 Å². The summed E-state index contributed by atoms with van der Waals surface area (Å²) in [4.78, 5) is 36.4. The Morgan fingerprint density at radius 1 is 1.35 bits per heavy atom. The lowest BCUT2D eigenvalue weighted by Gasteiger charge is -2.30. The highest BCUT2D eigenvalue weighted by molar-refractivity contribution is 6.07. The molecular formula is C14H20N2O4.